The minimum absolute atomic E-state index is 0.0817. The highest BCUT2D eigenvalue weighted by molar-refractivity contribution is 5.78. The van der Waals surface area contributed by atoms with Gasteiger partial charge in [0, 0.05) is 6.54 Å². The number of carbonyl (C=O) groups excluding carboxylic acids is 1. The average molecular weight is 320 g/mol. The second-order valence-corrected chi connectivity index (χ2v) is 6.02. The Morgan fingerprint density at radius 2 is 2.09 bits per heavy atom. The van der Waals surface area contributed by atoms with E-state index in [0.717, 1.165) is 5.56 Å². The summed E-state index contributed by atoms with van der Waals surface area (Å²) in [6.45, 7) is 8.22. The minimum Gasteiger partial charge on any atom is -0.493 e. The van der Waals surface area contributed by atoms with E-state index in [0.29, 0.717) is 18.0 Å². The van der Waals surface area contributed by atoms with E-state index in [1.165, 1.54) is 0 Å². The van der Waals surface area contributed by atoms with Gasteiger partial charge in [-0.3, -0.25) is 4.79 Å². The van der Waals surface area contributed by atoms with Gasteiger partial charge in [0.1, 0.15) is 0 Å². The largest absolute Gasteiger partial charge is 0.493 e. The van der Waals surface area contributed by atoms with Gasteiger partial charge in [-0.1, -0.05) is 32.1 Å². The Balaban J connectivity index is 2.72. The summed E-state index contributed by atoms with van der Waals surface area (Å²) in [5, 5.41) is 2.94. The molecule has 1 aromatic carbocycles. The van der Waals surface area contributed by atoms with E-state index in [-0.39, 0.29) is 18.4 Å². The summed E-state index contributed by atoms with van der Waals surface area (Å²) in [5.41, 5.74) is 6.34. The molecule has 1 amide bonds. The molecule has 0 bridgehead atoms. The van der Waals surface area contributed by atoms with Crippen molar-refractivity contribution >= 4 is 12.0 Å². The van der Waals surface area contributed by atoms with E-state index >= 15 is 0 Å². The fraction of sp³-hybridized carbons (Fsp3) is 0.500. The number of benzene rings is 1. The zero-order chi connectivity index (χ0) is 17.5. The second-order valence-electron chi connectivity index (χ2n) is 6.02. The molecule has 5 heteroatoms. The molecule has 0 aliphatic carbocycles. The van der Waals surface area contributed by atoms with Gasteiger partial charge in [0.15, 0.2) is 18.1 Å². The van der Waals surface area contributed by atoms with Crippen molar-refractivity contribution in [2.45, 2.75) is 33.2 Å². The Kier molecular flexibility index (Phi) is 7.10. The molecule has 1 unspecified atom stereocenters. The Morgan fingerprint density at radius 1 is 1.39 bits per heavy atom. The van der Waals surface area contributed by atoms with Gasteiger partial charge in [0.25, 0.3) is 5.91 Å². The van der Waals surface area contributed by atoms with Gasteiger partial charge in [0.2, 0.25) is 0 Å². The molecule has 23 heavy (non-hydrogen) atoms. The second kappa shape index (κ2) is 8.58. The van der Waals surface area contributed by atoms with Gasteiger partial charge in [-0.2, -0.15) is 0 Å². The first kappa shape index (κ1) is 19.0. The van der Waals surface area contributed by atoms with E-state index in [4.69, 9.17) is 15.2 Å². The molecule has 5 nitrogen and oxygen atoms in total. The summed E-state index contributed by atoms with van der Waals surface area (Å²) in [6, 6.07) is 5.57. The Labute approximate surface area is 138 Å². The Morgan fingerprint density at radius 3 is 2.61 bits per heavy atom. The van der Waals surface area contributed by atoms with E-state index in [9.17, 15) is 4.79 Å². The van der Waals surface area contributed by atoms with E-state index in [1.807, 2.05) is 52.0 Å². The molecule has 0 radical (unpaired) electrons. The summed E-state index contributed by atoms with van der Waals surface area (Å²) in [6.07, 6.45) is 3.91. The molecule has 0 aliphatic heterocycles. The third kappa shape index (κ3) is 5.28. The molecule has 3 N–H and O–H groups in total. The van der Waals surface area contributed by atoms with Gasteiger partial charge < -0.3 is 20.5 Å². The van der Waals surface area contributed by atoms with Crippen LogP contribution in [0, 0.1) is 5.92 Å². The monoisotopic (exact) mass is 320 g/mol. The lowest BCUT2D eigenvalue weighted by atomic mass is 9.88. The topological polar surface area (TPSA) is 73.6 Å². The van der Waals surface area contributed by atoms with E-state index in [1.54, 1.807) is 13.2 Å². The highest BCUT2D eigenvalue weighted by Crippen LogP contribution is 2.28. The van der Waals surface area contributed by atoms with Crippen molar-refractivity contribution in [3.63, 3.8) is 0 Å². The summed E-state index contributed by atoms with van der Waals surface area (Å²) in [7, 11) is 1.58. The van der Waals surface area contributed by atoms with E-state index in [2.05, 4.69) is 5.32 Å². The molecule has 0 spiro atoms. The van der Waals surface area contributed by atoms with Crippen LogP contribution in [0.1, 0.15) is 33.3 Å². The van der Waals surface area contributed by atoms with Crippen LogP contribution in [0.2, 0.25) is 0 Å². The summed E-state index contributed by atoms with van der Waals surface area (Å²) < 4.78 is 10.9. The van der Waals surface area contributed by atoms with Crippen molar-refractivity contribution in [3.05, 3.63) is 29.8 Å². The predicted molar refractivity (Wildman–Crippen MR) is 93.6 cm³/mol. The number of nitrogens with one attached hydrogen (secondary N) is 1. The SMILES string of the molecule is C/C=C/c1ccc(OCC(=O)NC(C)(CN)C(C)C)c(OC)c1. The maximum atomic E-state index is 12.1. The lowest BCUT2D eigenvalue weighted by Crippen LogP contribution is -2.56. The quantitative estimate of drug-likeness (QED) is 0.772. The molecule has 0 aliphatic rings. The van der Waals surface area contributed by atoms with Crippen molar-refractivity contribution in [3.8, 4) is 11.5 Å². The maximum Gasteiger partial charge on any atom is 0.258 e. The van der Waals surface area contributed by atoms with Crippen molar-refractivity contribution in [1.82, 2.24) is 5.32 Å². The summed E-state index contributed by atoms with van der Waals surface area (Å²) in [5.74, 6) is 1.16. The number of amides is 1. The number of hydrogen-bond donors (Lipinski definition) is 2. The van der Waals surface area contributed by atoms with Gasteiger partial charge >= 0.3 is 0 Å². The van der Waals surface area contributed by atoms with Crippen LogP contribution in [-0.2, 0) is 4.79 Å². The van der Waals surface area contributed by atoms with Crippen molar-refractivity contribution in [2.75, 3.05) is 20.3 Å². The number of ether oxygens (including phenoxy) is 2. The standard InChI is InChI=1S/C18H28N2O3/c1-6-7-14-8-9-15(16(10-14)22-5)23-11-17(21)20-18(4,12-19)13(2)3/h6-10,13H,11-12,19H2,1-5H3,(H,20,21)/b7-6+. The number of carbonyl (C=O) groups is 1. The molecule has 0 saturated carbocycles. The molecular formula is C18H28N2O3. The Hall–Kier alpha value is -2.01. The minimum atomic E-state index is -0.444. The molecule has 0 heterocycles. The van der Waals surface area contributed by atoms with Gasteiger partial charge in [-0.25, -0.2) is 0 Å². The third-order valence-electron chi connectivity index (χ3n) is 4.03. The Bertz CT molecular complexity index is 555. The van der Waals surface area contributed by atoms with Crippen molar-refractivity contribution in [1.29, 1.82) is 0 Å². The van der Waals surface area contributed by atoms with Crippen LogP contribution >= 0.6 is 0 Å². The van der Waals surface area contributed by atoms with Crippen LogP contribution in [0.4, 0.5) is 0 Å². The number of methoxy groups -OCH3 is 1. The fourth-order valence-electron chi connectivity index (χ4n) is 2.03. The van der Waals surface area contributed by atoms with Crippen LogP contribution in [0.5, 0.6) is 11.5 Å². The van der Waals surface area contributed by atoms with Crippen LogP contribution in [-0.4, -0.2) is 31.7 Å². The summed E-state index contributed by atoms with van der Waals surface area (Å²) in [4.78, 5) is 12.1. The zero-order valence-corrected chi connectivity index (χ0v) is 14.7. The predicted octanol–water partition coefficient (Wildman–Crippen LogP) is 2.60. The van der Waals surface area contributed by atoms with Crippen molar-refractivity contribution < 1.29 is 14.3 Å². The van der Waals surface area contributed by atoms with Gasteiger partial charge in [-0.15, -0.1) is 0 Å². The van der Waals surface area contributed by atoms with Gasteiger partial charge in [0.05, 0.1) is 12.6 Å². The maximum absolute atomic E-state index is 12.1. The van der Waals surface area contributed by atoms with Gasteiger partial charge in [-0.05, 0) is 37.5 Å². The first-order valence-electron chi connectivity index (χ1n) is 7.81. The zero-order valence-electron chi connectivity index (χ0n) is 14.7. The van der Waals surface area contributed by atoms with Crippen LogP contribution < -0.4 is 20.5 Å². The normalized spacial score (nSPS) is 13.9. The average Bonchev–Trinajstić information content (AvgIpc) is 2.53. The number of rotatable bonds is 8. The first-order valence-corrected chi connectivity index (χ1v) is 7.81. The molecule has 0 fully saturated rings. The fourth-order valence-corrected chi connectivity index (χ4v) is 2.03. The molecule has 1 atom stereocenters. The first-order chi connectivity index (χ1) is 10.9. The van der Waals surface area contributed by atoms with Crippen LogP contribution in [0.25, 0.3) is 6.08 Å². The molecule has 128 valence electrons. The lowest BCUT2D eigenvalue weighted by Gasteiger charge is -2.33. The smallest absolute Gasteiger partial charge is 0.258 e. The summed E-state index contributed by atoms with van der Waals surface area (Å²) >= 11 is 0. The molecule has 1 rings (SSSR count). The molecular weight excluding hydrogens is 292 g/mol. The van der Waals surface area contributed by atoms with E-state index < -0.39 is 5.54 Å². The molecule has 0 saturated heterocycles. The number of allylic oxidation sites excluding steroid dienone is 1. The molecule has 1 aromatic rings. The van der Waals surface area contributed by atoms with Crippen LogP contribution in [0.15, 0.2) is 24.3 Å². The number of nitrogens with two attached hydrogens (primary N) is 1. The highest BCUT2D eigenvalue weighted by Gasteiger charge is 2.28. The van der Waals surface area contributed by atoms with Crippen LogP contribution in [0.3, 0.4) is 0 Å². The van der Waals surface area contributed by atoms with Crippen molar-refractivity contribution in [2.24, 2.45) is 11.7 Å². The highest BCUT2D eigenvalue weighted by atomic mass is 16.5. The molecule has 0 aromatic heterocycles. The number of hydrogen-bond acceptors (Lipinski definition) is 4. The lowest BCUT2D eigenvalue weighted by molar-refractivity contribution is -0.125. The third-order valence-corrected chi connectivity index (χ3v) is 4.03.